The molecule has 1 N–H and O–H groups in total. The molecule has 2 aromatic heterocycles. The van der Waals surface area contributed by atoms with E-state index in [4.69, 9.17) is 0 Å². The van der Waals surface area contributed by atoms with Crippen molar-refractivity contribution in [1.82, 2.24) is 9.38 Å². The molecule has 4 rings (SSSR count). The first-order chi connectivity index (χ1) is 13.0. The second kappa shape index (κ2) is 6.72. The van der Waals surface area contributed by atoms with E-state index in [1.165, 1.54) is 0 Å². The monoisotopic (exact) mass is 355 g/mol. The smallest absolute Gasteiger partial charge is 0.255 e. The molecule has 2 heterocycles. The highest BCUT2D eigenvalue weighted by Gasteiger charge is 2.12. The first-order valence-electron chi connectivity index (χ1n) is 8.94. The number of pyridine rings is 1. The molecule has 0 aliphatic carbocycles. The second-order valence-corrected chi connectivity index (χ2v) is 6.89. The quantitative estimate of drug-likeness (QED) is 0.550. The fourth-order valence-electron chi connectivity index (χ4n) is 3.25. The Morgan fingerprint density at radius 1 is 0.963 bits per heavy atom. The summed E-state index contributed by atoms with van der Waals surface area (Å²) in [5.74, 6) is -0.0947. The second-order valence-electron chi connectivity index (χ2n) is 6.89. The Morgan fingerprint density at radius 2 is 1.81 bits per heavy atom. The number of nitrogens with zero attached hydrogens (tertiary/aromatic N) is 2. The number of aromatic nitrogens is 2. The zero-order chi connectivity index (χ0) is 19.0. The number of hydrogen-bond donors (Lipinski definition) is 1. The Labute approximate surface area is 158 Å². The van der Waals surface area contributed by atoms with Crippen LogP contribution in [-0.2, 0) is 0 Å². The molecule has 0 bridgehead atoms. The SMILES string of the molecule is Cc1ccc(C(=O)Nc2cc(-c3cn4ccccc4n3)ccc2C)c(C)c1. The minimum atomic E-state index is -0.0947. The molecule has 2 aromatic carbocycles. The lowest BCUT2D eigenvalue weighted by Crippen LogP contribution is -2.14. The van der Waals surface area contributed by atoms with Gasteiger partial charge in [0.2, 0.25) is 0 Å². The number of rotatable bonds is 3. The van der Waals surface area contributed by atoms with E-state index in [0.29, 0.717) is 5.56 Å². The summed E-state index contributed by atoms with van der Waals surface area (Å²) in [4.78, 5) is 17.4. The van der Waals surface area contributed by atoms with Gasteiger partial charge < -0.3 is 9.72 Å². The number of fused-ring (bicyclic) bond motifs is 1. The third kappa shape index (κ3) is 3.34. The van der Waals surface area contributed by atoms with Crippen molar-refractivity contribution in [2.24, 2.45) is 0 Å². The van der Waals surface area contributed by atoms with E-state index in [2.05, 4.69) is 10.3 Å². The van der Waals surface area contributed by atoms with Crippen molar-refractivity contribution in [3.8, 4) is 11.3 Å². The zero-order valence-electron chi connectivity index (χ0n) is 15.7. The van der Waals surface area contributed by atoms with Gasteiger partial charge in [-0.3, -0.25) is 4.79 Å². The van der Waals surface area contributed by atoms with Crippen LogP contribution < -0.4 is 5.32 Å². The van der Waals surface area contributed by atoms with Gasteiger partial charge in [-0.25, -0.2) is 4.98 Å². The van der Waals surface area contributed by atoms with E-state index in [1.807, 2.05) is 92.2 Å². The molecule has 0 fully saturated rings. The van der Waals surface area contributed by atoms with Crippen LogP contribution in [0.15, 0.2) is 67.0 Å². The number of amides is 1. The van der Waals surface area contributed by atoms with Crippen molar-refractivity contribution in [1.29, 1.82) is 0 Å². The minimum absolute atomic E-state index is 0.0947. The van der Waals surface area contributed by atoms with Crippen molar-refractivity contribution < 1.29 is 4.79 Å². The lowest BCUT2D eigenvalue weighted by Gasteiger charge is -2.12. The van der Waals surface area contributed by atoms with E-state index in [1.54, 1.807) is 0 Å². The topological polar surface area (TPSA) is 46.4 Å². The highest BCUT2D eigenvalue weighted by atomic mass is 16.1. The highest BCUT2D eigenvalue weighted by molar-refractivity contribution is 6.06. The van der Waals surface area contributed by atoms with Crippen LogP contribution in [0, 0.1) is 20.8 Å². The number of carbonyl (C=O) groups is 1. The minimum Gasteiger partial charge on any atom is -0.322 e. The Bertz CT molecular complexity index is 1120. The fraction of sp³-hybridized carbons (Fsp3) is 0.130. The molecule has 4 nitrogen and oxygen atoms in total. The van der Waals surface area contributed by atoms with Gasteiger partial charge in [0.05, 0.1) is 5.69 Å². The summed E-state index contributed by atoms with van der Waals surface area (Å²) in [6.45, 7) is 5.98. The van der Waals surface area contributed by atoms with Crippen LogP contribution in [0.2, 0.25) is 0 Å². The average molecular weight is 355 g/mol. The molecular formula is C23H21N3O. The van der Waals surface area contributed by atoms with Crippen LogP contribution >= 0.6 is 0 Å². The molecule has 0 unspecified atom stereocenters. The third-order valence-electron chi connectivity index (χ3n) is 4.77. The van der Waals surface area contributed by atoms with Gasteiger partial charge >= 0.3 is 0 Å². The summed E-state index contributed by atoms with van der Waals surface area (Å²) < 4.78 is 1.99. The number of carbonyl (C=O) groups excluding carboxylic acids is 1. The maximum absolute atomic E-state index is 12.8. The van der Waals surface area contributed by atoms with Gasteiger partial charge in [-0.05, 0) is 56.2 Å². The zero-order valence-corrected chi connectivity index (χ0v) is 15.7. The van der Waals surface area contributed by atoms with E-state index < -0.39 is 0 Å². The average Bonchev–Trinajstić information content (AvgIpc) is 3.07. The van der Waals surface area contributed by atoms with Gasteiger partial charge in [0.25, 0.3) is 5.91 Å². The predicted octanol–water partition coefficient (Wildman–Crippen LogP) is 5.18. The standard InChI is InChI=1S/C23H21N3O/c1-15-7-10-19(17(3)12-15)23(27)25-20-13-18(9-8-16(20)2)21-14-26-11-5-4-6-22(26)24-21/h4-14H,1-3H3,(H,25,27). The highest BCUT2D eigenvalue weighted by Crippen LogP contribution is 2.26. The summed E-state index contributed by atoms with van der Waals surface area (Å²) >= 11 is 0. The number of imidazole rings is 1. The Balaban J connectivity index is 1.67. The first-order valence-corrected chi connectivity index (χ1v) is 8.94. The summed E-state index contributed by atoms with van der Waals surface area (Å²) in [7, 11) is 0. The van der Waals surface area contributed by atoms with Gasteiger partial charge in [-0.2, -0.15) is 0 Å². The Morgan fingerprint density at radius 3 is 2.59 bits per heavy atom. The lowest BCUT2D eigenvalue weighted by atomic mass is 10.0. The van der Waals surface area contributed by atoms with Gasteiger partial charge in [-0.15, -0.1) is 0 Å². The molecule has 0 aliphatic rings. The normalized spacial score (nSPS) is 10.9. The molecule has 0 radical (unpaired) electrons. The number of aryl methyl sites for hydroxylation is 3. The molecule has 27 heavy (non-hydrogen) atoms. The van der Waals surface area contributed by atoms with Crippen molar-refractivity contribution >= 4 is 17.2 Å². The molecule has 0 saturated carbocycles. The summed E-state index contributed by atoms with van der Waals surface area (Å²) in [6, 6.07) is 17.8. The summed E-state index contributed by atoms with van der Waals surface area (Å²) in [6.07, 6.45) is 3.97. The molecule has 4 heteroatoms. The molecule has 0 aliphatic heterocycles. The maximum Gasteiger partial charge on any atom is 0.255 e. The van der Waals surface area contributed by atoms with Crippen molar-refractivity contribution in [2.75, 3.05) is 5.32 Å². The van der Waals surface area contributed by atoms with E-state index in [-0.39, 0.29) is 5.91 Å². The Hall–Kier alpha value is -3.40. The van der Waals surface area contributed by atoms with Gasteiger partial charge in [0.15, 0.2) is 0 Å². The number of benzene rings is 2. The lowest BCUT2D eigenvalue weighted by molar-refractivity contribution is 0.102. The molecule has 1 amide bonds. The fourth-order valence-corrected chi connectivity index (χ4v) is 3.25. The molecule has 4 aromatic rings. The molecule has 0 spiro atoms. The number of anilines is 1. The third-order valence-corrected chi connectivity index (χ3v) is 4.77. The van der Waals surface area contributed by atoms with Crippen LogP contribution in [0.4, 0.5) is 5.69 Å². The maximum atomic E-state index is 12.8. The Kier molecular flexibility index (Phi) is 4.24. The molecule has 0 saturated heterocycles. The molecular weight excluding hydrogens is 334 g/mol. The van der Waals surface area contributed by atoms with E-state index in [0.717, 1.165) is 39.3 Å². The summed E-state index contributed by atoms with van der Waals surface area (Å²) in [5, 5.41) is 3.06. The van der Waals surface area contributed by atoms with Crippen LogP contribution in [0.25, 0.3) is 16.9 Å². The van der Waals surface area contributed by atoms with Crippen molar-refractivity contribution in [3.63, 3.8) is 0 Å². The molecule has 134 valence electrons. The molecule has 0 atom stereocenters. The van der Waals surface area contributed by atoms with Gasteiger partial charge in [0, 0.05) is 29.2 Å². The summed E-state index contributed by atoms with van der Waals surface area (Å²) in [5.41, 5.74) is 7.38. The van der Waals surface area contributed by atoms with Gasteiger partial charge in [0.1, 0.15) is 5.65 Å². The van der Waals surface area contributed by atoms with Crippen molar-refractivity contribution in [3.05, 3.63) is 89.2 Å². The van der Waals surface area contributed by atoms with E-state index in [9.17, 15) is 4.79 Å². The van der Waals surface area contributed by atoms with Crippen LogP contribution in [-0.4, -0.2) is 15.3 Å². The van der Waals surface area contributed by atoms with Gasteiger partial charge in [-0.1, -0.05) is 35.9 Å². The predicted molar refractivity (Wildman–Crippen MR) is 109 cm³/mol. The van der Waals surface area contributed by atoms with Crippen LogP contribution in [0.1, 0.15) is 27.0 Å². The van der Waals surface area contributed by atoms with Crippen LogP contribution in [0.5, 0.6) is 0 Å². The van der Waals surface area contributed by atoms with Crippen LogP contribution in [0.3, 0.4) is 0 Å². The number of nitrogens with one attached hydrogen (secondary N) is 1. The van der Waals surface area contributed by atoms with E-state index >= 15 is 0 Å². The largest absolute Gasteiger partial charge is 0.322 e. The first kappa shape index (κ1) is 17.0. The van der Waals surface area contributed by atoms with Crippen molar-refractivity contribution in [2.45, 2.75) is 20.8 Å². The number of hydrogen-bond acceptors (Lipinski definition) is 2.